The number of nitrogens with one attached hydrogen (secondary N) is 6. The molecule has 19 heteroatoms. The van der Waals surface area contributed by atoms with Gasteiger partial charge in [0, 0.05) is 32.0 Å². The fraction of sp³-hybridized carbons (Fsp3) is 0.644. The summed E-state index contributed by atoms with van der Waals surface area (Å²) in [7, 11) is 0. The molecule has 0 aromatic heterocycles. The van der Waals surface area contributed by atoms with Crippen LogP contribution in [0.4, 0.5) is 0 Å². The average Bonchev–Trinajstić information content (AvgIpc) is 4.12. The lowest BCUT2D eigenvalue weighted by Gasteiger charge is -2.35. The molecule has 0 radical (unpaired) electrons. The number of likely N-dealkylation sites (tertiary alicyclic amines) is 2. The van der Waals surface area contributed by atoms with Crippen LogP contribution in [-0.2, 0) is 56.0 Å². The first-order valence-corrected chi connectivity index (χ1v) is 28.4. The van der Waals surface area contributed by atoms with Crippen molar-refractivity contribution >= 4 is 53.2 Å². The Morgan fingerprint density at radius 2 is 1.09 bits per heavy atom. The lowest BCUT2D eigenvalue weighted by molar-refractivity contribution is -0.148. The van der Waals surface area contributed by atoms with Crippen molar-refractivity contribution in [2.75, 3.05) is 13.1 Å². The molecular weight excluding hydrogens is 995 g/mol. The zero-order chi connectivity index (χ0) is 57.8. The lowest BCUT2D eigenvalue weighted by Crippen LogP contribution is -2.61. The summed E-state index contributed by atoms with van der Waals surface area (Å²) < 4.78 is 0. The SMILES string of the molecule is CC[C@H](C)[C@H](N)C(=O)N[C@H](C(=O)N[C@@H](CC(C)C)C(=O)N[C@H](C(=O)N1CCC[C@H]1C(=O)N1CCC[C@H]1C(=O)N[C@H](CCC(=O)N[C@@H](Cc1ccccc1)C(=O)N[C@@H](CC(C)C)C(=O)O)Cc1ccccc1)C(C)C)[C@@H](C)CC. The predicted octanol–water partition coefficient (Wildman–Crippen LogP) is 4.40. The number of carbonyl (C=O) groups excluding carboxylic acids is 8. The van der Waals surface area contributed by atoms with Crippen LogP contribution in [0.25, 0.3) is 0 Å². The van der Waals surface area contributed by atoms with Gasteiger partial charge >= 0.3 is 5.97 Å². The number of hydrogen-bond donors (Lipinski definition) is 8. The van der Waals surface area contributed by atoms with E-state index in [1.807, 2.05) is 116 Å². The molecule has 0 spiro atoms. The highest BCUT2D eigenvalue weighted by Gasteiger charge is 2.45. The fourth-order valence-electron chi connectivity index (χ4n) is 10.2. The summed E-state index contributed by atoms with van der Waals surface area (Å²) in [4.78, 5) is 128. The summed E-state index contributed by atoms with van der Waals surface area (Å²) in [6.07, 6.45) is 4.06. The molecule has 0 aliphatic carbocycles. The van der Waals surface area contributed by atoms with Crippen molar-refractivity contribution in [2.24, 2.45) is 35.3 Å². The second-order valence-electron chi connectivity index (χ2n) is 22.9. The van der Waals surface area contributed by atoms with Crippen molar-refractivity contribution in [1.29, 1.82) is 0 Å². The molecule has 2 aliphatic heterocycles. The largest absolute Gasteiger partial charge is 0.480 e. The Bertz CT molecular complexity index is 2320. The van der Waals surface area contributed by atoms with E-state index < -0.39 is 108 Å². The number of carbonyl (C=O) groups is 9. The van der Waals surface area contributed by atoms with Crippen molar-refractivity contribution in [1.82, 2.24) is 41.7 Å². The van der Waals surface area contributed by atoms with Crippen molar-refractivity contribution < 1.29 is 48.3 Å². The first-order valence-electron chi connectivity index (χ1n) is 28.4. The maximum Gasteiger partial charge on any atom is 0.326 e. The van der Waals surface area contributed by atoms with Gasteiger partial charge in [-0.1, -0.05) is 143 Å². The standard InChI is InChI=1S/C59H91N9O10/c1-11-38(9)49(60)55(73)66-51(39(10)12-2)56(74)63-43(31-35(3)4)53(71)65-50(37(7)8)58(76)68-30-20-26-47(68)57(75)67-29-19-25-46(67)54(72)61-42(33-40-21-15-13-16-22-40)27-28-48(69)62-44(34-41-23-17-14-18-24-41)52(70)64-45(59(77)78)32-36(5)6/h13-18,21-24,35-39,42-47,49-51H,11-12,19-20,25-34,60H2,1-10H3,(H,61,72)(H,62,69)(H,63,74)(H,64,70)(H,65,71)(H,66,73)(H,77,78)/t38-,39-,42+,43-,44-,45-,46-,47-,49-,50-,51-/m0/s1. The van der Waals surface area contributed by atoms with Crippen molar-refractivity contribution in [3.05, 3.63) is 71.8 Å². The third-order valence-corrected chi connectivity index (χ3v) is 15.2. The Morgan fingerprint density at radius 3 is 1.64 bits per heavy atom. The van der Waals surface area contributed by atoms with E-state index in [2.05, 4.69) is 31.9 Å². The van der Waals surface area contributed by atoms with E-state index in [0.29, 0.717) is 44.9 Å². The van der Waals surface area contributed by atoms with E-state index in [1.54, 1.807) is 13.8 Å². The topological polar surface area (TPSA) is 279 Å². The second-order valence-corrected chi connectivity index (χ2v) is 22.9. The molecule has 4 rings (SSSR count). The highest BCUT2D eigenvalue weighted by atomic mass is 16.4. The normalized spacial score (nSPS) is 18.9. The van der Waals surface area contributed by atoms with Gasteiger partial charge in [0.25, 0.3) is 0 Å². The van der Waals surface area contributed by atoms with E-state index in [9.17, 15) is 48.3 Å². The van der Waals surface area contributed by atoms with Crippen LogP contribution in [0.1, 0.15) is 145 Å². The molecule has 2 saturated heterocycles. The predicted molar refractivity (Wildman–Crippen MR) is 299 cm³/mol. The number of aliphatic carboxylic acids is 1. The minimum absolute atomic E-state index is 0.0132. The molecule has 11 atom stereocenters. The maximum atomic E-state index is 14.7. The molecule has 2 aliphatic rings. The highest BCUT2D eigenvalue weighted by Crippen LogP contribution is 2.27. The summed E-state index contributed by atoms with van der Waals surface area (Å²) in [5.41, 5.74) is 7.89. The van der Waals surface area contributed by atoms with Gasteiger partial charge in [0.1, 0.15) is 42.3 Å². The van der Waals surface area contributed by atoms with Crippen LogP contribution >= 0.6 is 0 Å². The van der Waals surface area contributed by atoms with Gasteiger partial charge < -0.3 is 52.5 Å². The number of amides is 8. The summed E-state index contributed by atoms with van der Waals surface area (Å²) >= 11 is 0. The van der Waals surface area contributed by atoms with E-state index in [4.69, 9.17) is 5.73 Å². The van der Waals surface area contributed by atoms with E-state index in [0.717, 1.165) is 11.1 Å². The van der Waals surface area contributed by atoms with Crippen LogP contribution in [-0.4, -0.2) is 136 Å². The van der Waals surface area contributed by atoms with E-state index >= 15 is 0 Å². The zero-order valence-corrected chi connectivity index (χ0v) is 47.8. The Kier molecular flexibility index (Phi) is 25.7. The summed E-state index contributed by atoms with van der Waals surface area (Å²) in [5, 5.41) is 27.1. The van der Waals surface area contributed by atoms with Crippen LogP contribution in [0.15, 0.2) is 60.7 Å². The quantitative estimate of drug-likeness (QED) is 0.0543. The summed E-state index contributed by atoms with van der Waals surface area (Å²) in [5.74, 6) is -5.90. The molecule has 19 nitrogen and oxygen atoms in total. The smallest absolute Gasteiger partial charge is 0.326 e. The first-order chi connectivity index (χ1) is 36.9. The van der Waals surface area contributed by atoms with Crippen LogP contribution in [0.5, 0.6) is 0 Å². The molecule has 432 valence electrons. The Hall–Kier alpha value is -6.37. The van der Waals surface area contributed by atoms with Gasteiger partial charge in [-0.25, -0.2) is 4.79 Å². The maximum absolute atomic E-state index is 14.7. The molecule has 2 aromatic rings. The number of carboxylic acid groups (broad SMARTS) is 1. The summed E-state index contributed by atoms with van der Waals surface area (Å²) in [6, 6.07) is 10.1. The second kappa shape index (κ2) is 31.3. The number of nitrogens with two attached hydrogens (primary N) is 1. The zero-order valence-electron chi connectivity index (χ0n) is 47.8. The minimum Gasteiger partial charge on any atom is -0.480 e. The molecule has 0 saturated carbocycles. The Balaban J connectivity index is 1.48. The Morgan fingerprint density at radius 1 is 0.577 bits per heavy atom. The molecule has 8 amide bonds. The molecule has 2 fully saturated rings. The molecule has 0 unspecified atom stereocenters. The minimum atomic E-state index is -1.17. The van der Waals surface area contributed by atoms with Crippen LogP contribution < -0.4 is 37.6 Å². The summed E-state index contributed by atoms with van der Waals surface area (Å²) in [6.45, 7) is 19.2. The van der Waals surface area contributed by atoms with Crippen molar-refractivity contribution in [3.63, 3.8) is 0 Å². The lowest BCUT2D eigenvalue weighted by atomic mass is 9.94. The Labute approximate surface area is 462 Å². The fourth-order valence-corrected chi connectivity index (χ4v) is 10.2. The van der Waals surface area contributed by atoms with Gasteiger partial charge in [-0.05, 0) is 92.1 Å². The van der Waals surface area contributed by atoms with Crippen LogP contribution in [0, 0.1) is 29.6 Å². The molecule has 0 bridgehead atoms. The van der Waals surface area contributed by atoms with E-state index in [-0.39, 0.29) is 74.8 Å². The monoisotopic (exact) mass is 1090 g/mol. The van der Waals surface area contributed by atoms with Gasteiger partial charge in [-0.3, -0.25) is 38.4 Å². The molecule has 2 heterocycles. The number of hydrogen-bond acceptors (Lipinski definition) is 10. The molecule has 2 aromatic carbocycles. The molecule has 78 heavy (non-hydrogen) atoms. The third kappa shape index (κ3) is 19.2. The highest BCUT2D eigenvalue weighted by molar-refractivity contribution is 5.97. The number of rotatable bonds is 30. The van der Waals surface area contributed by atoms with Crippen LogP contribution in [0.3, 0.4) is 0 Å². The number of nitrogens with zero attached hydrogens (tertiary/aromatic N) is 2. The van der Waals surface area contributed by atoms with Gasteiger partial charge in [0.2, 0.25) is 47.3 Å². The van der Waals surface area contributed by atoms with Gasteiger partial charge in [0.15, 0.2) is 0 Å². The van der Waals surface area contributed by atoms with Crippen molar-refractivity contribution in [3.8, 4) is 0 Å². The number of benzene rings is 2. The third-order valence-electron chi connectivity index (χ3n) is 15.2. The number of carboxylic acids is 1. The first kappa shape index (κ1) is 64.2. The van der Waals surface area contributed by atoms with Crippen molar-refractivity contribution in [2.45, 2.75) is 201 Å². The van der Waals surface area contributed by atoms with Gasteiger partial charge in [0.05, 0.1) is 6.04 Å². The van der Waals surface area contributed by atoms with E-state index in [1.165, 1.54) is 9.80 Å². The molecular formula is C59H91N9O10. The van der Waals surface area contributed by atoms with Gasteiger partial charge in [-0.15, -0.1) is 0 Å². The van der Waals surface area contributed by atoms with Gasteiger partial charge in [-0.2, -0.15) is 0 Å². The molecule has 9 N–H and O–H groups in total. The average molecular weight is 1090 g/mol. The van der Waals surface area contributed by atoms with Crippen LogP contribution in [0.2, 0.25) is 0 Å².